The Labute approximate surface area is 114 Å². The van der Waals surface area contributed by atoms with Gasteiger partial charge in [0.2, 0.25) is 0 Å². The zero-order valence-electron chi connectivity index (χ0n) is 12.3. The van der Waals surface area contributed by atoms with Crippen LogP contribution in [0.15, 0.2) is 0 Å². The molecule has 0 aromatic rings. The van der Waals surface area contributed by atoms with Gasteiger partial charge in [-0.1, -0.05) is 19.3 Å². The lowest BCUT2D eigenvalue weighted by molar-refractivity contribution is -0.151. The molecule has 0 radical (unpaired) electrons. The van der Waals surface area contributed by atoms with Gasteiger partial charge in [-0.15, -0.1) is 0 Å². The van der Waals surface area contributed by atoms with Crippen molar-refractivity contribution in [2.24, 2.45) is 5.92 Å². The van der Waals surface area contributed by atoms with Gasteiger partial charge >= 0.3 is 6.18 Å². The van der Waals surface area contributed by atoms with Gasteiger partial charge in [-0.05, 0) is 39.7 Å². The number of rotatable bonds is 5. The highest BCUT2D eigenvalue weighted by Crippen LogP contribution is 2.26. The van der Waals surface area contributed by atoms with E-state index in [1.54, 1.807) is 4.90 Å². The Morgan fingerprint density at radius 1 is 1.16 bits per heavy atom. The molecule has 2 atom stereocenters. The summed E-state index contributed by atoms with van der Waals surface area (Å²) in [7, 11) is 1.92. The molecule has 1 saturated carbocycles. The second-order valence-corrected chi connectivity index (χ2v) is 5.93. The standard InChI is InChI=1S/C14H27F3N2/c1-11(2)19(10-14(15,16)17)9-12-7-5-4-6-8-13(12)18-3/h11-13,18H,4-10H2,1-3H3. The molecule has 19 heavy (non-hydrogen) atoms. The summed E-state index contributed by atoms with van der Waals surface area (Å²) in [6, 6.07) is 0.291. The third-order valence-electron chi connectivity index (χ3n) is 4.11. The van der Waals surface area contributed by atoms with E-state index >= 15 is 0 Å². The maximum Gasteiger partial charge on any atom is 0.401 e. The van der Waals surface area contributed by atoms with Crippen LogP contribution in [0.5, 0.6) is 0 Å². The Morgan fingerprint density at radius 2 is 1.79 bits per heavy atom. The Kier molecular flexibility index (Phi) is 6.60. The Balaban J connectivity index is 2.64. The van der Waals surface area contributed by atoms with E-state index in [9.17, 15) is 13.2 Å². The maximum absolute atomic E-state index is 12.6. The highest BCUT2D eigenvalue weighted by molar-refractivity contribution is 4.82. The largest absolute Gasteiger partial charge is 0.401 e. The zero-order chi connectivity index (χ0) is 14.5. The Hall–Kier alpha value is -0.290. The molecule has 0 aromatic carbocycles. The van der Waals surface area contributed by atoms with Crippen LogP contribution >= 0.6 is 0 Å². The van der Waals surface area contributed by atoms with Crippen molar-refractivity contribution in [3.8, 4) is 0 Å². The second kappa shape index (κ2) is 7.48. The molecule has 1 fully saturated rings. The summed E-state index contributed by atoms with van der Waals surface area (Å²) in [5.74, 6) is 0.331. The molecule has 114 valence electrons. The molecule has 1 N–H and O–H groups in total. The summed E-state index contributed by atoms with van der Waals surface area (Å²) in [5, 5.41) is 3.29. The lowest BCUT2D eigenvalue weighted by Crippen LogP contribution is -2.46. The summed E-state index contributed by atoms with van der Waals surface area (Å²) in [6.45, 7) is 3.44. The highest BCUT2D eigenvalue weighted by Gasteiger charge is 2.34. The van der Waals surface area contributed by atoms with Crippen LogP contribution in [0, 0.1) is 5.92 Å². The Morgan fingerprint density at radius 3 is 2.32 bits per heavy atom. The van der Waals surface area contributed by atoms with Crippen LogP contribution in [-0.4, -0.2) is 43.3 Å². The predicted molar refractivity (Wildman–Crippen MR) is 72.2 cm³/mol. The number of halogens is 3. The molecule has 0 bridgehead atoms. The van der Waals surface area contributed by atoms with E-state index in [0.717, 1.165) is 19.3 Å². The topological polar surface area (TPSA) is 15.3 Å². The average molecular weight is 280 g/mol. The smallest absolute Gasteiger partial charge is 0.317 e. The van der Waals surface area contributed by atoms with Gasteiger partial charge in [0, 0.05) is 18.6 Å². The van der Waals surface area contributed by atoms with Crippen LogP contribution in [0.2, 0.25) is 0 Å². The van der Waals surface area contributed by atoms with E-state index < -0.39 is 12.7 Å². The molecule has 1 rings (SSSR count). The third kappa shape index (κ3) is 6.13. The molecule has 0 spiro atoms. The fourth-order valence-corrected chi connectivity index (χ4v) is 2.97. The van der Waals surface area contributed by atoms with Crippen LogP contribution in [0.25, 0.3) is 0 Å². The lowest BCUT2D eigenvalue weighted by Gasteiger charge is -2.34. The van der Waals surface area contributed by atoms with Crippen LogP contribution < -0.4 is 5.32 Å². The van der Waals surface area contributed by atoms with Gasteiger partial charge in [0.05, 0.1) is 6.54 Å². The van der Waals surface area contributed by atoms with Crippen molar-refractivity contribution in [3.63, 3.8) is 0 Å². The fourth-order valence-electron chi connectivity index (χ4n) is 2.97. The minimum atomic E-state index is -4.11. The molecule has 0 aliphatic heterocycles. The molecule has 5 heteroatoms. The summed E-state index contributed by atoms with van der Waals surface area (Å²) >= 11 is 0. The minimum absolute atomic E-state index is 0.0672. The molecule has 2 nitrogen and oxygen atoms in total. The van der Waals surface area contributed by atoms with Gasteiger partial charge in [0.1, 0.15) is 0 Å². The van der Waals surface area contributed by atoms with E-state index in [2.05, 4.69) is 5.32 Å². The molecule has 0 saturated heterocycles. The van der Waals surface area contributed by atoms with E-state index in [0.29, 0.717) is 18.5 Å². The third-order valence-corrected chi connectivity index (χ3v) is 4.11. The van der Waals surface area contributed by atoms with E-state index in [-0.39, 0.29) is 6.04 Å². The summed E-state index contributed by atoms with van der Waals surface area (Å²) in [4.78, 5) is 1.57. The second-order valence-electron chi connectivity index (χ2n) is 5.93. The van der Waals surface area contributed by atoms with Gasteiger partial charge in [0.25, 0.3) is 0 Å². The number of nitrogens with one attached hydrogen (secondary N) is 1. The SMILES string of the molecule is CNC1CCCCCC1CN(CC(F)(F)F)C(C)C. The predicted octanol–water partition coefficient (Wildman–Crippen LogP) is 3.43. The number of alkyl halides is 3. The quantitative estimate of drug-likeness (QED) is 0.776. The lowest BCUT2D eigenvalue weighted by atomic mass is 9.93. The summed E-state index contributed by atoms with van der Waals surface area (Å²) in [6.07, 6.45) is 1.54. The first kappa shape index (κ1) is 16.8. The molecular formula is C14H27F3N2. The minimum Gasteiger partial charge on any atom is -0.317 e. The molecule has 1 aliphatic rings. The van der Waals surface area contributed by atoms with Crippen molar-refractivity contribution >= 4 is 0 Å². The van der Waals surface area contributed by atoms with Gasteiger partial charge in [-0.25, -0.2) is 0 Å². The first-order valence-corrected chi connectivity index (χ1v) is 7.31. The van der Waals surface area contributed by atoms with Crippen molar-refractivity contribution < 1.29 is 13.2 Å². The number of hydrogen-bond acceptors (Lipinski definition) is 2. The Bertz CT molecular complexity index is 254. The van der Waals surface area contributed by atoms with Crippen molar-refractivity contribution in [1.82, 2.24) is 10.2 Å². The van der Waals surface area contributed by atoms with Crippen molar-refractivity contribution in [2.45, 2.75) is 64.2 Å². The zero-order valence-corrected chi connectivity index (χ0v) is 12.3. The van der Waals surface area contributed by atoms with Crippen molar-refractivity contribution in [3.05, 3.63) is 0 Å². The molecule has 2 unspecified atom stereocenters. The van der Waals surface area contributed by atoms with Crippen molar-refractivity contribution in [1.29, 1.82) is 0 Å². The number of nitrogens with zero attached hydrogens (tertiary/aromatic N) is 1. The maximum atomic E-state index is 12.6. The average Bonchev–Trinajstić information content (AvgIpc) is 2.51. The van der Waals surface area contributed by atoms with E-state index in [1.807, 2.05) is 20.9 Å². The molecule has 0 aromatic heterocycles. The highest BCUT2D eigenvalue weighted by atomic mass is 19.4. The van der Waals surface area contributed by atoms with Crippen LogP contribution in [0.3, 0.4) is 0 Å². The van der Waals surface area contributed by atoms with E-state index in [4.69, 9.17) is 0 Å². The number of hydrogen-bond donors (Lipinski definition) is 1. The normalized spacial score (nSPS) is 25.9. The summed E-state index contributed by atoms with van der Waals surface area (Å²) < 4.78 is 37.9. The van der Waals surface area contributed by atoms with Gasteiger partial charge in [-0.3, -0.25) is 4.90 Å². The van der Waals surface area contributed by atoms with Gasteiger partial charge in [0.15, 0.2) is 0 Å². The molecule has 0 amide bonds. The first-order chi connectivity index (χ1) is 8.83. The molecular weight excluding hydrogens is 253 g/mol. The molecule has 1 aliphatic carbocycles. The van der Waals surface area contributed by atoms with Crippen LogP contribution in [0.4, 0.5) is 13.2 Å². The van der Waals surface area contributed by atoms with Crippen LogP contribution in [-0.2, 0) is 0 Å². The fraction of sp³-hybridized carbons (Fsp3) is 1.00. The van der Waals surface area contributed by atoms with Crippen LogP contribution in [0.1, 0.15) is 46.0 Å². The van der Waals surface area contributed by atoms with E-state index in [1.165, 1.54) is 12.8 Å². The van der Waals surface area contributed by atoms with Crippen molar-refractivity contribution in [2.75, 3.05) is 20.1 Å². The molecule has 0 heterocycles. The van der Waals surface area contributed by atoms with Gasteiger partial charge in [-0.2, -0.15) is 13.2 Å². The van der Waals surface area contributed by atoms with Gasteiger partial charge < -0.3 is 5.32 Å². The monoisotopic (exact) mass is 280 g/mol. The summed E-state index contributed by atoms with van der Waals surface area (Å²) in [5.41, 5.74) is 0. The first-order valence-electron chi connectivity index (χ1n) is 7.31.